The summed E-state index contributed by atoms with van der Waals surface area (Å²) in [5.74, 6) is -0.0548. The number of hydrogen-bond donors (Lipinski definition) is 0. The lowest BCUT2D eigenvalue weighted by molar-refractivity contribution is 0.0797. The number of carbonyl (C=O) groups excluding carboxylic acids is 1. The molecule has 2 rings (SSSR count). The Morgan fingerprint density at radius 3 is 2.82 bits per heavy atom. The summed E-state index contributed by atoms with van der Waals surface area (Å²) in [6.07, 6.45) is 0.867. The summed E-state index contributed by atoms with van der Waals surface area (Å²) >= 11 is 1.26. The lowest BCUT2D eigenvalue weighted by Gasteiger charge is -2.11. The molecule has 0 aliphatic carbocycles. The van der Waals surface area contributed by atoms with E-state index in [1.807, 2.05) is 13.8 Å². The summed E-state index contributed by atoms with van der Waals surface area (Å²) in [6.45, 7) is 5.04. The van der Waals surface area contributed by atoms with Crippen molar-refractivity contribution in [1.29, 1.82) is 0 Å². The van der Waals surface area contributed by atoms with Crippen LogP contribution in [-0.4, -0.2) is 36.0 Å². The molecule has 0 saturated carbocycles. The molecule has 0 fully saturated rings. The average molecular weight is 322 g/mol. The number of aromatic nitrogens is 1. The maximum atomic E-state index is 14.2. The third-order valence-electron chi connectivity index (χ3n) is 3.19. The van der Waals surface area contributed by atoms with Crippen LogP contribution < -0.4 is 4.74 Å². The Bertz CT molecular complexity index is 657. The fraction of sp³-hybridized carbons (Fsp3) is 0.375. The van der Waals surface area contributed by atoms with E-state index in [9.17, 15) is 9.18 Å². The van der Waals surface area contributed by atoms with Crippen molar-refractivity contribution < 1.29 is 13.9 Å². The molecule has 118 valence electrons. The Kier molecular flexibility index (Phi) is 5.49. The van der Waals surface area contributed by atoms with Gasteiger partial charge in [-0.3, -0.25) is 4.79 Å². The van der Waals surface area contributed by atoms with E-state index < -0.39 is 5.82 Å². The smallest absolute Gasteiger partial charge is 0.273 e. The third-order valence-corrected chi connectivity index (χ3v) is 4.06. The van der Waals surface area contributed by atoms with E-state index in [-0.39, 0.29) is 5.91 Å². The highest BCUT2D eigenvalue weighted by molar-refractivity contribution is 7.13. The molecule has 0 spiro atoms. The van der Waals surface area contributed by atoms with Crippen LogP contribution in [0.4, 0.5) is 4.39 Å². The Morgan fingerprint density at radius 2 is 2.18 bits per heavy atom. The van der Waals surface area contributed by atoms with Gasteiger partial charge in [0.25, 0.3) is 5.91 Å². The van der Waals surface area contributed by atoms with Crippen LogP contribution in [0.25, 0.3) is 10.6 Å². The van der Waals surface area contributed by atoms with E-state index in [1.54, 1.807) is 29.5 Å². The number of halogens is 1. The van der Waals surface area contributed by atoms with E-state index >= 15 is 0 Å². The molecule has 0 unspecified atom stereocenters. The highest BCUT2D eigenvalue weighted by Gasteiger charge is 2.17. The van der Waals surface area contributed by atoms with E-state index in [1.165, 1.54) is 17.4 Å². The molecule has 0 aliphatic heterocycles. The summed E-state index contributed by atoms with van der Waals surface area (Å²) in [5, 5.41) is 2.15. The minimum atomic E-state index is -0.397. The van der Waals surface area contributed by atoms with Crippen LogP contribution >= 0.6 is 11.3 Å². The molecule has 6 heteroatoms. The molecule has 0 aliphatic rings. The highest BCUT2D eigenvalue weighted by Crippen LogP contribution is 2.29. The standard InChI is InChI=1S/C16H19FN2O2S/c1-4-8-21-11-6-7-12(13(17)9-11)15-18-14(10-22-15)16(20)19(3)5-2/h6-7,9-10H,4-5,8H2,1-3H3. The van der Waals surface area contributed by atoms with E-state index in [4.69, 9.17) is 4.74 Å². The van der Waals surface area contributed by atoms with Crippen molar-refractivity contribution in [2.24, 2.45) is 0 Å². The van der Waals surface area contributed by atoms with Crippen LogP contribution in [-0.2, 0) is 0 Å². The monoisotopic (exact) mass is 322 g/mol. The molecule has 22 heavy (non-hydrogen) atoms. The Balaban J connectivity index is 2.22. The van der Waals surface area contributed by atoms with Gasteiger partial charge in [0.1, 0.15) is 22.3 Å². The van der Waals surface area contributed by atoms with Gasteiger partial charge in [-0.15, -0.1) is 11.3 Å². The van der Waals surface area contributed by atoms with Gasteiger partial charge in [-0.1, -0.05) is 6.92 Å². The van der Waals surface area contributed by atoms with Crippen LogP contribution in [0.2, 0.25) is 0 Å². The molecule has 1 heterocycles. The molecule has 0 radical (unpaired) electrons. The first-order chi connectivity index (χ1) is 10.6. The molecular weight excluding hydrogens is 303 g/mol. The summed E-state index contributed by atoms with van der Waals surface area (Å²) in [5.41, 5.74) is 0.724. The van der Waals surface area contributed by atoms with Gasteiger partial charge in [0.15, 0.2) is 0 Å². The number of nitrogens with zero attached hydrogens (tertiary/aromatic N) is 2. The van der Waals surface area contributed by atoms with E-state index in [0.717, 1.165) is 6.42 Å². The summed E-state index contributed by atoms with van der Waals surface area (Å²) in [4.78, 5) is 17.8. The van der Waals surface area contributed by atoms with Crippen molar-refractivity contribution >= 4 is 17.2 Å². The van der Waals surface area contributed by atoms with Gasteiger partial charge in [-0.05, 0) is 25.5 Å². The number of ether oxygens (including phenoxy) is 1. The molecular formula is C16H19FN2O2S. The van der Waals surface area contributed by atoms with E-state index in [0.29, 0.717) is 35.2 Å². The predicted molar refractivity (Wildman–Crippen MR) is 85.9 cm³/mol. The number of hydrogen-bond acceptors (Lipinski definition) is 4. The fourth-order valence-corrected chi connectivity index (χ4v) is 2.63. The normalized spacial score (nSPS) is 10.5. The zero-order chi connectivity index (χ0) is 16.1. The second-order valence-electron chi connectivity index (χ2n) is 4.85. The first kappa shape index (κ1) is 16.4. The van der Waals surface area contributed by atoms with Crippen molar-refractivity contribution in [2.45, 2.75) is 20.3 Å². The Morgan fingerprint density at radius 1 is 1.41 bits per heavy atom. The van der Waals surface area contributed by atoms with Crippen LogP contribution in [0.15, 0.2) is 23.6 Å². The van der Waals surface area contributed by atoms with Crippen LogP contribution in [0.5, 0.6) is 5.75 Å². The molecule has 2 aromatic rings. The second-order valence-corrected chi connectivity index (χ2v) is 5.71. The summed E-state index contributed by atoms with van der Waals surface area (Å²) in [6, 6.07) is 4.71. The number of benzene rings is 1. The largest absolute Gasteiger partial charge is 0.494 e. The van der Waals surface area contributed by atoms with Crippen LogP contribution in [0.3, 0.4) is 0 Å². The quantitative estimate of drug-likeness (QED) is 0.812. The van der Waals surface area contributed by atoms with Gasteiger partial charge in [-0.25, -0.2) is 9.37 Å². The molecule has 1 aromatic heterocycles. The first-order valence-corrected chi connectivity index (χ1v) is 8.08. The van der Waals surface area contributed by atoms with Crippen LogP contribution in [0.1, 0.15) is 30.8 Å². The fourth-order valence-electron chi connectivity index (χ4n) is 1.81. The van der Waals surface area contributed by atoms with Gasteiger partial charge in [0, 0.05) is 30.6 Å². The van der Waals surface area contributed by atoms with Gasteiger partial charge in [-0.2, -0.15) is 0 Å². The number of carbonyl (C=O) groups is 1. The summed E-state index contributed by atoms with van der Waals surface area (Å²) in [7, 11) is 1.71. The lowest BCUT2D eigenvalue weighted by atomic mass is 10.2. The van der Waals surface area contributed by atoms with Crippen molar-refractivity contribution in [3.63, 3.8) is 0 Å². The average Bonchev–Trinajstić information content (AvgIpc) is 3.01. The van der Waals surface area contributed by atoms with Crippen LogP contribution in [0, 0.1) is 5.82 Å². The zero-order valence-electron chi connectivity index (χ0n) is 12.9. The minimum Gasteiger partial charge on any atom is -0.494 e. The maximum Gasteiger partial charge on any atom is 0.273 e. The number of thiazole rings is 1. The van der Waals surface area contributed by atoms with Crippen molar-refractivity contribution in [3.8, 4) is 16.3 Å². The topological polar surface area (TPSA) is 42.4 Å². The predicted octanol–water partition coefficient (Wildman–Crippen LogP) is 3.83. The highest BCUT2D eigenvalue weighted by atomic mass is 32.1. The lowest BCUT2D eigenvalue weighted by Crippen LogP contribution is -2.26. The maximum absolute atomic E-state index is 14.2. The molecule has 0 atom stereocenters. The number of rotatable bonds is 6. The molecule has 0 N–H and O–H groups in total. The number of amides is 1. The van der Waals surface area contributed by atoms with Gasteiger partial charge in [0.2, 0.25) is 0 Å². The zero-order valence-corrected chi connectivity index (χ0v) is 13.7. The Labute approximate surface area is 133 Å². The third kappa shape index (κ3) is 3.62. The molecule has 4 nitrogen and oxygen atoms in total. The van der Waals surface area contributed by atoms with E-state index in [2.05, 4.69) is 4.98 Å². The minimum absolute atomic E-state index is 0.159. The van der Waals surface area contributed by atoms with Gasteiger partial charge < -0.3 is 9.64 Å². The van der Waals surface area contributed by atoms with Crippen molar-refractivity contribution in [2.75, 3.05) is 20.2 Å². The molecule has 0 bridgehead atoms. The van der Waals surface area contributed by atoms with Crippen molar-refractivity contribution in [1.82, 2.24) is 9.88 Å². The molecule has 0 saturated heterocycles. The first-order valence-electron chi connectivity index (χ1n) is 7.20. The Hall–Kier alpha value is -1.95. The second kappa shape index (κ2) is 7.35. The molecule has 1 amide bonds. The summed E-state index contributed by atoms with van der Waals surface area (Å²) < 4.78 is 19.6. The van der Waals surface area contributed by atoms with Gasteiger partial charge >= 0.3 is 0 Å². The SMILES string of the molecule is CCCOc1ccc(-c2nc(C(=O)N(C)CC)cs2)c(F)c1. The molecule has 1 aromatic carbocycles. The van der Waals surface area contributed by atoms with Crippen molar-refractivity contribution in [3.05, 3.63) is 35.1 Å². The van der Waals surface area contributed by atoms with Gasteiger partial charge in [0.05, 0.1) is 6.61 Å².